The van der Waals surface area contributed by atoms with Gasteiger partial charge in [-0.25, -0.2) is 0 Å². The molecule has 0 spiro atoms. The molecule has 18 heavy (non-hydrogen) atoms. The second-order valence-corrected chi connectivity index (χ2v) is 5.12. The number of furan rings is 1. The van der Waals surface area contributed by atoms with Gasteiger partial charge in [0.15, 0.2) is 0 Å². The molecule has 3 rings (SSSR count). The third kappa shape index (κ3) is 1.79. The zero-order chi connectivity index (χ0) is 12.7. The highest BCUT2D eigenvalue weighted by Gasteiger charge is 2.41. The number of carboxylic acids is 1. The Balaban J connectivity index is 1.80. The summed E-state index contributed by atoms with van der Waals surface area (Å²) in [6.45, 7) is 0.807. The molecule has 96 valence electrons. The Hall–Kier alpha value is -1.78. The van der Waals surface area contributed by atoms with Crippen molar-refractivity contribution >= 4 is 11.9 Å². The van der Waals surface area contributed by atoms with Crippen molar-refractivity contribution in [2.24, 2.45) is 5.92 Å². The van der Waals surface area contributed by atoms with E-state index in [1.807, 2.05) is 4.90 Å². The van der Waals surface area contributed by atoms with Crippen LogP contribution in [0.1, 0.15) is 35.4 Å². The Morgan fingerprint density at radius 3 is 2.89 bits per heavy atom. The molecule has 5 nitrogen and oxygen atoms in total. The summed E-state index contributed by atoms with van der Waals surface area (Å²) in [5.41, 5.74) is 0.407. The van der Waals surface area contributed by atoms with Crippen LogP contribution in [0.4, 0.5) is 0 Å². The lowest BCUT2D eigenvalue weighted by molar-refractivity contribution is -0.136. The molecule has 0 radical (unpaired) electrons. The van der Waals surface area contributed by atoms with Crippen LogP contribution in [0.5, 0.6) is 0 Å². The molecule has 2 unspecified atom stereocenters. The van der Waals surface area contributed by atoms with Gasteiger partial charge in [0, 0.05) is 12.6 Å². The molecule has 1 aromatic rings. The molecule has 1 amide bonds. The smallest absolute Gasteiger partial charge is 0.311 e. The van der Waals surface area contributed by atoms with Gasteiger partial charge in [-0.05, 0) is 31.2 Å². The summed E-state index contributed by atoms with van der Waals surface area (Å²) in [7, 11) is 0. The van der Waals surface area contributed by atoms with Gasteiger partial charge in [-0.1, -0.05) is 0 Å². The summed E-state index contributed by atoms with van der Waals surface area (Å²) in [5.74, 6) is -0.168. The van der Waals surface area contributed by atoms with E-state index in [0.717, 1.165) is 19.4 Å². The van der Waals surface area contributed by atoms with Gasteiger partial charge in [0.1, 0.15) is 12.2 Å². The van der Waals surface area contributed by atoms with Crippen molar-refractivity contribution in [3.05, 3.63) is 23.7 Å². The van der Waals surface area contributed by atoms with Crippen molar-refractivity contribution < 1.29 is 19.1 Å². The molecule has 1 N–H and O–H groups in total. The first-order chi connectivity index (χ1) is 8.65. The first kappa shape index (κ1) is 11.3. The molecule has 2 atom stereocenters. The number of carboxylic acid groups (broad SMARTS) is 1. The molecule has 1 aliphatic carbocycles. The summed E-state index contributed by atoms with van der Waals surface area (Å²) in [5, 5.41) is 8.78. The Morgan fingerprint density at radius 2 is 2.28 bits per heavy atom. The number of amides is 1. The lowest BCUT2D eigenvalue weighted by atomic mass is 10.1. The monoisotopic (exact) mass is 249 g/mol. The number of fused-ring (bicyclic) bond motifs is 2. The molecule has 1 saturated heterocycles. The average molecular weight is 249 g/mol. The number of hydrogen-bond acceptors (Lipinski definition) is 3. The third-order valence-corrected chi connectivity index (χ3v) is 3.96. The van der Waals surface area contributed by atoms with E-state index in [4.69, 9.17) is 9.52 Å². The fraction of sp³-hybridized carbons (Fsp3) is 0.538. The van der Waals surface area contributed by atoms with Gasteiger partial charge in [0.25, 0.3) is 5.91 Å². The zero-order valence-electron chi connectivity index (χ0n) is 9.96. The van der Waals surface area contributed by atoms with Crippen molar-refractivity contribution in [3.8, 4) is 0 Å². The van der Waals surface area contributed by atoms with Crippen LogP contribution in [0.25, 0.3) is 0 Å². The standard InChI is InChI=1S/C13H15NO4/c15-12(16)6-11-10(3-4-18-11)13(17)14-7-8-1-2-9(14)5-8/h3-4,8-9H,1-2,5-7H2,(H,15,16). The van der Waals surface area contributed by atoms with E-state index in [2.05, 4.69) is 0 Å². The van der Waals surface area contributed by atoms with Gasteiger partial charge in [-0.15, -0.1) is 0 Å². The van der Waals surface area contributed by atoms with Crippen LogP contribution in [-0.2, 0) is 11.2 Å². The molecular formula is C13H15NO4. The average Bonchev–Trinajstić information content (AvgIpc) is 3.01. The van der Waals surface area contributed by atoms with Gasteiger partial charge in [-0.2, -0.15) is 0 Å². The lowest BCUT2D eigenvalue weighted by Gasteiger charge is -2.26. The second-order valence-electron chi connectivity index (χ2n) is 5.12. The fourth-order valence-corrected chi connectivity index (χ4v) is 3.13. The molecule has 2 fully saturated rings. The number of nitrogens with zero attached hydrogens (tertiary/aromatic N) is 1. The van der Waals surface area contributed by atoms with Crippen LogP contribution < -0.4 is 0 Å². The molecular weight excluding hydrogens is 234 g/mol. The number of rotatable bonds is 3. The van der Waals surface area contributed by atoms with E-state index in [-0.39, 0.29) is 18.1 Å². The van der Waals surface area contributed by atoms with Gasteiger partial charge >= 0.3 is 5.97 Å². The molecule has 5 heteroatoms. The first-order valence-corrected chi connectivity index (χ1v) is 6.24. The summed E-state index contributed by atoms with van der Waals surface area (Å²) >= 11 is 0. The minimum absolute atomic E-state index is 0.0767. The Bertz CT molecular complexity index is 493. The molecule has 1 aliphatic heterocycles. The minimum Gasteiger partial charge on any atom is -0.481 e. The van der Waals surface area contributed by atoms with Crippen molar-refractivity contribution in [1.29, 1.82) is 0 Å². The number of carbonyl (C=O) groups excluding carboxylic acids is 1. The molecule has 1 saturated carbocycles. The van der Waals surface area contributed by atoms with E-state index in [1.165, 1.54) is 12.7 Å². The van der Waals surface area contributed by atoms with Gasteiger partial charge in [0.2, 0.25) is 0 Å². The van der Waals surface area contributed by atoms with Crippen molar-refractivity contribution in [2.75, 3.05) is 6.54 Å². The highest BCUT2D eigenvalue weighted by Crippen LogP contribution is 2.38. The van der Waals surface area contributed by atoms with E-state index >= 15 is 0 Å². The van der Waals surface area contributed by atoms with Gasteiger partial charge < -0.3 is 14.4 Å². The molecule has 2 aliphatic rings. The Kier molecular flexibility index (Phi) is 2.61. The SMILES string of the molecule is O=C(O)Cc1occc1C(=O)N1CC2CCC1C2. The summed E-state index contributed by atoms with van der Waals surface area (Å²) in [4.78, 5) is 25.0. The van der Waals surface area contributed by atoms with Crippen molar-refractivity contribution in [2.45, 2.75) is 31.7 Å². The predicted molar refractivity (Wildman–Crippen MR) is 62.2 cm³/mol. The van der Waals surface area contributed by atoms with Crippen LogP contribution >= 0.6 is 0 Å². The molecule has 0 aromatic carbocycles. The number of carbonyl (C=O) groups is 2. The Labute approximate surface area is 104 Å². The summed E-state index contributed by atoms with van der Waals surface area (Å²) in [6, 6.07) is 1.92. The minimum atomic E-state index is -0.984. The van der Waals surface area contributed by atoms with Crippen LogP contribution in [0, 0.1) is 5.92 Å². The summed E-state index contributed by atoms with van der Waals surface area (Å²) < 4.78 is 5.11. The quantitative estimate of drug-likeness (QED) is 0.881. The summed E-state index contributed by atoms with van der Waals surface area (Å²) in [6.07, 6.45) is 4.53. The number of aliphatic carboxylic acids is 1. The van der Waals surface area contributed by atoms with Crippen molar-refractivity contribution in [1.82, 2.24) is 4.90 Å². The van der Waals surface area contributed by atoms with Crippen LogP contribution in [0.15, 0.2) is 16.7 Å². The molecule has 2 bridgehead atoms. The second kappa shape index (κ2) is 4.15. The molecule has 2 heterocycles. The topological polar surface area (TPSA) is 70.7 Å². The lowest BCUT2D eigenvalue weighted by Crippen LogP contribution is -2.37. The third-order valence-electron chi connectivity index (χ3n) is 3.96. The predicted octanol–water partition coefficient (Wildman–Crippen LogP) is 1.53. The fourth-order valence-electron chi connectivity index (χ4n) is 3.13. The van der Waals surface area contributed by atoms with E-state index in [0.29, 0.717) is 17.5 Å². The molecule has 1 aromatic heterocycles. The normalized spacial score (nSPS) is 25.7. The maximum atomic E-state index is 12.4. The van der Waals surface area contributed by atoms with E-state index < -0.39 is 5.97 Å². The number of hydrogen-bond donors (Lipinski definition) is 1. The van der Waals surface area contributed by atoms with Crippen LogP contribution in [-0.4, -0.2) is 34.5 Å². The van der Waals surface area contributed by atoms with Gasteiger partial charge in [0.05, 0.1) is 11.8 Å². The first-order valence-electron chi connectivity index (χ1n) is 6.24. The maximum Gasteiger partial charge on any atom is 0.311 e. The van der Waals surface area contributed by atoms with Crippen molar-refractivity contribution in [3.63, 3.8) is 0 Å². The highest BCUT2D eigenvalue weighted by atomic mass is 16.4. The number of likely N-dealkylation sites (tertiary alicyclic amines) is 1. The largest absolute Gasteiger partial charge is 0.481 e. The van der Waals surface area contributed by atoms with E-state index in [9.17, 15) is 9.59 Å². The highest BCUT2D eigenvalue weighted by molar-refractivity contribution is 5.96. The maximum absolute atomic E-state index is 12.4. The van der Waals surface area contributed by atoms with Gasteiger partial charge in [-0.3, -0.25) is 9.59 Å². The van der Waals surface area contributed by atoms with E-state index in [1.54, 1.807) is 6.07 Å². The Morgan fingerprint density at radius 1 is 1.44 bits per heavy atom. The van der Waals surface area contributed by atoms with Crippen LogP contribution in [0.2, 0.25) is 0 Å². The van der Waals surface area contributed by atoms with Crippen LogP contribution in [0.3, 0.4) is 0 Å². The zero-order valence-corrected chi connectivity index (χ0v) is 9.96. The number of piperidine rings is 1.